The van der Waals surface area contributed by atoms with Crippen molar-refractivity contribution in [2.24, 2.45) is 5.92 Å². The van der Waals surface area contributed by atoms with Crippen LogP contribution in [0.15, 0.2) is 12.1 Å². The van der Waals surface area contributed by atoms with E-state index in [-0.39, 0.29) is 36.3 Å². The van der Waals surface area contributed by atoms with E-state index in [1.54, 1.807) is 12.1 Å². The number of hydrogen-bond acceptors (Lipinski definition) is 4. The fourth-order valence-electron chi connectivity index (χ4n) is 3.37. The van der Waals surface area contributed by atoms with E-state index in [9.17, 15) is 4.79 Å². The Morgan fingerprint density at radius 2 is 2.07 bits per heavy atom. The summed E-state index contributed by atoms with van der Waals surface area (Å²) in [5, 5.41) is 3.38. The number of benzene rings is 1. The number of nitrogens with one attached hydrogen (secondary N) is 1. The standard InChI is InChI=1S/C19H30ClN3O2.2ClH/c1-5-13-7-6-8-23(11-13)19(2,3)12-22-18(24)14-9-15(20)16(21)10-17(14)25-4;;/h9-10,13H,5-8,11-12,21H2,1-4H3,(H,22,24);2*1H. The van der Waals surface area contributed by atoms with Crippen LogP contribution in [0.1, 0.15) is 50.4 Å². The average Bonchev–Trinajstić information content (AvgIpc) is 2.61. The van der Waals surface area contributed by atoms with Crippen LogP contribution < -0.4 is 15.8 Å². The summed E-state index contributed by atoms with van der Waals surface area (Å²) < 4.78 is 5.27. The number of piperidine rings is 1. The van der Waals surface area contributed by atoms with Crippen LogP contribution in [0, 0.1) is 5.92 Å². The Labute approximate surface area is 180 Å². The maximum atomic E-state index is 12.6. The molecule has 0 saturated carbocycles. The van der Waals surface area contributed by atoms with Crippen molar-refractivity contribution in [2.75, 3.05) is 32.5 Å². The lowest BCUT2D eigenvalue weighted by Gasteiger charge is -2.43. The van der Waals surface area contributed by atoms with Gasteiger partial charge in [0.25, 0.3) is 5.91 Å². The van der Waals surface area contributed by atoms with E-state index in [1.807, 2.05) is 0 Å². The largest absolute Gasteiger partial charge is 0.496 e. The summed E-state index contributed by atoms with van der Waals surface area (Å²) in [5.74, 6) is 0.983. The number of methoxy groups -OCH3 is 1. The topological polar surface area (TPSA) is 67.6 Å². The lowest BCUT2D eigenvalue weighted by atomic mass is 9.91. The molecule has 5 nitrogen and oxygen atoms in total. The van der Waals surface area contributed by atoms with Crippen LogP contribution in [0.25, 0.3) is 0 Å². The number of likely N-dealkylation sites (tertiary alicyclic amines) is 1. The molecule has 0 bridgehead atoms. The number of amides is 1. The Kier molecular flexibility index (Phi) is 10.8. The van der Waals surface area contributed by atoms with Gasteiger partial charge in [0, 0.05) is 24.7 Å². The van der Waals surface area contributed by atoms with Crippen molar-refractivity contribution in [3.05, 3.63) is 22.7 Å². The second kappa shape index (κ2) is 11.2. The Bertz CT molecular complexity index is 626. The van der Waals surface area contributed by atoms with E-state index in [2.05, 4.69) is 31.0 Å². The summed E-state index contributed by atoms with van der Waals surface area (Å²) in [7, 11) is 1.52. The zero-order valence-electron chi connectivity index (χ0n) is 16.5. The van der Waals surface area contributed by atoms with Gasteiger partial charge in [0.15, 0.2) is 0 Å². The summed E-state index contributed by atoms with van der Waals surface area (Å²) in [4.78, 5) is 15.1. The molecule has 1 unspecified atom stereocenters. The quantitative estimate of drug-likeness (QED) is 0.643. The fourth-order valence-corrected chi connectivity index (χ4v) is 3.53. The van der Waals surface area contributed by atoms with Gasteiger partial charge in [-0.1, -0.05) is 24.9 Å². The summed E-state index contributed by atoms with van der Waals surface area (Å²) in [6.45, 7) is 9.34. The van der Waals surface area contributed by atoms with Gasteiger partial charge in [-0.3, -0.25) is 9.69 Å². The first-order valence-electron chi connectivity index (χ1n) is 8.94. The van der Waals surface area contributed by atoms with Crippen LogP contribution in [-0.2, 0) is 0 Å². The molecule has 1 amide bonds. The Balaban J connectivity index is 0.00000338. The van der Waals surface area contributed by atoms with Gasteiger partial charge in [-0.25, -0.2) is 0 Å². The third kappa shape index (κ3) is 6.60. The van der Waals surface area contributed by atoms with Gasteiger partial charge in [-0.15, -0.1) is 24.8 Å². The van der Waals surface area contributed by atoms with Crippen molar-refractivity contribution in [3.63, 3.8) is 0 Å². The lowest BCUT2D eigenvalue weighted by molar-refractivity contribution is 0.0611. The van der Waals surface area contributed by atoms with E-state index in [4.69, 9.17) is 22.1 Å². The minimum absolute atomic E-state index is 0. The predicted molar refractivity (Wildman–Crippen MR) is 118 cm³/mol. The van der Waals surface area contributed by atoms with Crippen LogP contribution in [-0.4, -0.2) is 43.1 Å². The lowest BCUT2D eigenvalue weighted by Crippen LogP contribution is -2.54. The van der Waals surface area contributed by atoms with Crippen molar-refractivity contribution in [3.8, 4) is 5.75 Å². The van der Waals surface area contributed by atoms with Crippen LogP contribution >= 0.6 is 36.4 Å². The van der Waals surface area contributed by atoms with E-state index in [0.29, 0.717) is 28.6 Å². The third-order valence-corrected chi connectivity index (χ3v) is 5.52. The predicted octanol–water partition coefficient (Wildman–Crippen LogP) is 4.40. The highest BCUT2D eigenvalue weighted by atomic mass is 35.5. The molecule has 0 aliphatic carbocycles. The highest BCUT2D eigenvalue weighted by Crippen LogP contribution is 2.29. The average molecular weight is 441 g/mol. The molecule has 1 saturated heterocycles. The first-order chi connectivity index (χ1) is 11.8. The van der Waals surface area contributed by atoms with Crippen LogP contribution in [0.4, 0.5) is 5.69 Å². The minimum Gasteiger partial charge on any atom is -0.496 e. The highest BCUT2D eigenvalue weighted by Gasteiger charge is 2.31. The van der Waals surface area contributed by atoms with E-state index in [1.165, 1.54) is 26.4 Å². The molecule has 156 valence electrons. The van der Waals surface area contributed by atoms with Crippen LogP contribution in [0.5, 0.6) is 5.75 Å². The molecule has 1 atom stereocenters. The van der Waals surface area contributed by atoms with Gasteiger partial charge < -0.3 is 15.8 Å². The first kappa shape index (κ1) is 26.1. The summed E-state index contributed by atoms with van der Waals surface area (Å²) in [5.41, 5.74) is 6.48. The Morgan fingerprint density at radius 1 is 1.41 bits per heavy atom. The number of anilines is 1. The molecule has 1 aliphatic heterocycles. The van der Waals surface area contributed by atoms with Crippen molar-refractivity contribution in [2.45, 2.75) is 45.6 Å². The maximum absolute atomic E-state index is 12.6. The molecule has 2 rings (SSSR count). The molecule has 1 aromatic rings. The number of nitrogen functional groups attached to an aromatic ring is 1. The number of hydrogen-bond donors (Lipinski definition) is 2. The number of nitrogens with zero attached hydrogens (tertiary/aromatic N) is 1. The smallest absolute Gasteiger partial charge is 0.255 e. The van der Waals surface area contributed by atoms with Gasteiger partial charge in [-0.2, -0.15) is 0 Å². The molecular formula is C19H32Cl3N3O2. The first-order valence-corrected chi connectivity index (χ1v) is 9.32. The third-order valence-electron chi connectivity index (χ3n) is 5.20. The van der Waals surface area contributed by atoms with Crippen LogP contribution in [0.2, 0.25) is 5.02 Å². The van der Waals surface area contributed by atoms with Crippen molar-refractivity contribution in [1.82, 2.24) is 10.2 Å². The molecule has 1 fully saturated rings. The molecule has 1 aliphatic rings. The van der Waals surface area contributed by atoms with Gasteiger partial charge in [0.05, 0.1) is 23.4 Å². The highest BCUT2D eigenvalue weighted by molar-refractivity contribution is 6.33. The van der Waals surface area contributed by atoms with Gasteiger partial charge in [0.2, 0.25) is 0 Å². The van der Waals surface area contributed by atoms with Crippen molar-refractivity contribution < 1.29 is 9.53 Å². The van der Waals surface area contributed by atoms with E-state index in [0.717, 1.165) is 19.0 Å². The molecular weight excluding hydrogens is 409 g/mol. The number of carbonyl (C=O) groups excluding carboxylic acids is 1. The molecule has 8 heteroatoms. The Morgan fingerprint density at radius 3 is 2.67 bits per heavy atom. The molecule has 0 spiro atoms. The van der Waals surface area contributed by atoms with E-state index >= 15 is 0 Å². The monoisotopic (exact) mass is 439 g/mol. The van der Waals surface area contributed by atoms with Crippen LogP contribution in [0.3, 0.4) is 0 Å². The number of rotatable bonds is 6. The van der Waals surface area contributed by atoms with Crippen molar-refractivity contribution in [1.29, 1.82) is 0 Å². The molecule has 0 radical (unpaired) electrons. The minimum atomic E-state index is -0.198. The number of carbonyl (C=O) groups is 1. The normalized spacial score (nSPS) is 17.4. The molecule has 27 heavy (non-hydrogen) atoms. The second-order valence-electron chi connectivity index (χ2n) is 7.43. The van der Waals surface area contributed by atoms with Gasteiger partial charge in [0.1, 0.15) is 5.75 Å². The molecule has 1 heterocycles. The summed E-state index contributed by atoms with van der Waals surface area (Å²) in [6.07, 6.45) is 3.73. The number of ether oxygens (including phenoxy) is 1. The SMILES string of the molecule is CCC1CCCN(C(C)(C)CNC(=O)c2cc(Cl)c(N)cc2OC)C1.Cl.Cl. The Hall–Kier alpha value is -0.880. The molecule has 3 N–H and O–H groups in total. The second-order valence-corrected chi connectivity index (χ2v) is 7.84. The zero-order valence-corrected chi connectivity index (χ0v) is 18.9. The fraction of sp³-hybridized carbons (Fsp3) is 0.632. The van der Waals surface area contributed by atoms with Gasteiger partial charge in [-0.05, 0) is 45.2 Å². The zero-order chi connectivity index (χ0) is 18.6. The molecule has 1 aromatic carbocycles. The van der Waals surface area contributed by atoms with E-state index < -0.39 is 0 Å². The molecule has 0 aromatic heterocycles. The van der Waals surface area contributed by atoms with Crippen molar-refractivity contribution >= 4 is 48.0 Å². The maximum Gasteiger partial charge on any atom is 0.255 e. The number of nitrogens with two attached hydrogens (primary N) is 1. The summed E-state index contributed by atoms with van der Waals surface area (Å²) >= 11 is 6.06. The van der Waals surface area contributed by atoms with Gasteiger partial charge >= 0.3 is 0 Å². The number of halogens is 3. The summed E-state index contributed by atoms with van der Waals surface area (Å²) in [6, 6.07) is 3.14.